The molecule has 0 unspecified atom stereocenters. The SMILES string of the molecule is CCOC(=O)C(C)(C)Oc1ccc(CC[P+](c2ccccc2)(c2ccccc2)c2ccccc2)cc1.[Br-]. The predicted molar refractivity (Wildman–Crippen MR) is 152 cm³/mol. The fourth-order valence-corrected chi connectivity index (χ4v) is 8.85. The molecule has 0 aliphatic carbocycles. The van der Waals surface area contributed by atoms with Crippen molar-refractivity contribution in [2.45, 2.75) is 32.8 Å². The molecule has 0 heterocycles. The molecule has 37 heavy (non-hydrogen) atoms. The van der Waals surface area contributed by atoms with E-state index in [1.54, 1.807) is 20.8 Å². The zero-order valence-electron chi connectivity index (χ0n) is 21.6. The first-order valence-electron chi connectivity index (χ1n) is 12.5. The smallest absolute Gasteiger partial charge is 0.349 e. The van der Waals surface area contributed by atoms with E-state index in [0.29, 0.717) is 12.4 Å². The molecule has 0 atom stereocenters. The number of carbonyl (C=O) groups is 1. The number of hydrogen-bond acceptors (Lipinski definition) is 3. The quantitative estimate of drug-likeness (QED) is 0.215. The Morgan fingerprint density at radius 3 is 1.54 bits per heavy atom. The van der Waals surface area contributed by atoms with Crippen molar-refractivity contribution in [3.63, 3.8) is 0 Å². The van der Waals surface area contributed by atoms with Crippen molar-refractivity contribution < 1.29 is 31.2 Å². The number of rotatable bonds is 10. The molecular weight excluding hydrogens is 543 g/mol. The molecule has 0 aromatic heterocycles. The molecule has 4 rings (SSSR count). The Hall–Kier alpha value is -2.94. The summed E-state index contributed by atoms with van der Waals surface area (Å²) in [6.07, 6.45) is 1.94. The molecule has 0 spiro atoms. The maximum absolute atomic E-state index is 12.2. The molecule has 4 aromatic carbocycles. The van der Waals surface area contributed by atoms with Gasteiger partial charge in [-0.3, -0.25) is 0 Å². The number of ether oxygens (including phenoxy) is 2. The third kappa shape index (κ3) is 6.69. The van der Waals surface area contributed by atoms with Crippen LogP contribution in [0.2, 0.25) is 0 Å². The monoisotopic (exact) mass is 576 g/mol. The second kappa shape index (κ2) is 13.0. The number of carbonyl (C=O) groups excluding carboxylic acids is 1. The predicted octanol–water partition coefficient (Wildman–Crippen LogP) is 2.95. The van der Waals surface area contributed by atoms with E-state index in [4.69, 9.17) is 9.47 Å². The number of aryl methyl sites for hydroxylation is 1. The van der Waals surface area contributed by atoms with E-state index in [9.17, 15) is 4.79 Å². The van der Waals surface area contributed by atoms with Crippen LogP contribution in [0.25, 0.3) is 0 Å². The second-order valence-electron chi connectivity index (χ2n) is 9.27. The molecule has 0 saturated heterocycles. The Bertz CT molecular complexity index is 1150. The highest BCUT2D eigenvalue weighted by Crippen LogP contribution is 2.55. The Labute approximate surface area is 232 Å². The first-order chi connectivity index (χ1) is 17.5. The zero-order chi connectivity index (χ0) is 25.4. The maximum Gasteiger partial charge on any atom is 0.349 e. The number of esters is 1. The van der Waals surface area contributed by atoms with Crippen LogP contribution in [0.5, 0.6) is 5.75 Å². The molecular formula is C32H34BrO3P. The van der Waals surface area contributed by atoms with E-state index in [1.807, 2.05) is 12.1 Å². The molecule has 0 bridgehead atoms. The highest BCUT2D eigenvalue weighted by atomic mass is 79.9. The largest absolute Gasteiger partial charge is 1.00 e. The van der Waals surface area contributed by atoms with E-state index >= 15 is 0 Å². The van der Waals surface area contributed by atoms with Gasteiger partial charge < -0.3 is 26.5 Å². The van der Waals surface area contributed by atoms with Crippen LogP contribution in [-0.4, -0.2) is 24.3 Å². The van der Waals surface area contributed by atoms with Gasteiger partial charge in [-0.25, -0.2) is 4.79 Å². The standard InChI is InChI=1S/C32H34O3P.BrH/c1-4-34-31(33)32(2,3)35-27-22-20-26(21-23-27)24-25-36(28-14-8-5-9-15-28,29-16-10-6-11-17-29)30-18-12-7-13-19-30;/h5-23H,4,24-25H2,1-3H3;1H/q+1;/p-1. The molecule has 0 N–H and O–H groups in total. The van der Waals surface area contributed by atoms with E-state index < -0.39 is 12.9 Å². The topological polar surface area (TPSA) is 35.5 Å². The van der Waals surface area contributed by atoms with Gasteiger partial charge in [0.15, 0.2) is 5.60 Å². The van der Waals surface area contributed by atoms with Gasteiger partial charge in [0.2, 0.25) is 0 Å². The van der Waals surface area contributed by atoms with Gasteiger partial charge in [0.05, 0.1) is 12.8 Å². The lowest BCUT2D eigenvalue weighted by Gasteiger charge is -2.28. The van der Waals surface area contributed by atoms with E-state index in [0.717, 1.165) is 12.6 Å². The van der Waals surface area contributed by atoms with Gasteiger partial charge in [0, 0.05) is 6.42 Å². The van der Waals surface area contributed by atoms with Crippen molar-refractivity contribution in [1.82, 2.24) is 0 Å². The molecule has 0 saturated carbocycles. The van der Waals surface area contributed by atoms with Gasteiger partial charge >= 0.3 is 5.97 Å². The summed E-state index contributed by atoms with van der Waals surface area (Å²) in [5, 5.41) is 4.16. The van der Waals surface area contributed by atoms with Crippen LogP contribution >= 0.6 is 7.26 Å². The number of hydrogen-bond donors (Lipinski definition) is 0. The van der Waals surface area contributed by atoms with Crippen LogP contribution < -0.4 is 37.6 Å². The van der Waals surface area contributed by atoms with Gasteiger partial charge in [-0.15, -0.1) is 0 Å². The first-order valence-corrected chi connectivity index (χ1v) is 14.4. The maximum atomic E-state index is 12.2. The van der Waals surface area contributed by atoms with Gasteiger partial charge in [-0.1, -0.05) is 66.7 Å². The summed E-state index contributed by atoms with van der Waals surface area (Å²) in [4.78, 5) is 12.2. The second-order valence-corrected chi connectivity index (χ2v) is 12.9. The average molecular weight is 577 g/mol. The average Bonchev–Trinajstić information content (AvgIpc) is 2.92. The Balaban J connectivity index is 0.00000380. The molecule has 0 aliphatic heterocycles. The fourth-order valence-electron chi connectivity index (χ4n) is 4.54. The molecule has 0 aliphatic rings. The van der Waals surface area contributed by atoms with E-state index in [-0.39, 0.29) is 23.0 Å². The minimum atomic E-state index is -1.88. The van der Waals surface area contributed by atoms with Crippen molar-refractivity contribution >= 4 is 29.1 Å². The third-order valence-electron chi connectivity index (χ3n) is 6.39. The van der Waals surface area contributed by atoms with Crippen LogP contribution in [0, 0.1) is 0 Å². The molecule has 0 radical (unpaired) electrons. The van der Waals surface area contributed by atoms with Crippen molar-refractivity contribution in [2.75, 3.05) is 12.8 Å². The highest BCUT2D eigenvalue weighted by Gasteiger charge is 2.44. The van der Waals surface area contributed by atoms with Crippen LogP contribution in [-0.2, 0) is 16.0 Å². The lowest BCUT2D eigenvalue weighted by atomic mass is 10.1. The highest BCUT2D eigenvalue weighted by molar-refractivity contribution is 7.95. The van der Waals surface area contributed by atoms with Crippen LogP contribution in [0.15, 0.2) is 115 Å². The minimum Gasteiger partial charge on any atom is -1.00 e. The third-order valence-corrected chi connectivity index (χ3v) is 10.8. The summed E-state index contributed by atoms with van der Waals surface area (Å²) in [6, 6.07) is 40.9. The first kappa shape index (κ1) is 28.6. The number of halogens is 1. The Morgan fingerprint density at radius 1 is 0.703 bits per heavy atom. The van der Waals surface area contributed by atoms with Crippen LogP contribution in [0.3, 0.4) is 0 Å². The summed E-state index contributed by atoms with van der Waals surface area (Å²) in [6.45, 7) is 5.60. The molecule has 3 nitrogen and oxygen atoms in total. The summed E-state index contributed by atoms with van der Waals surface area (Å²) in [5.74, 6) is 0.296. The molecule has 5 heteroatoms. The lowest BCUT2D eigenvalue weighted by Crippen LogP contribution is -3.00. The normalized spacial score (nSPS) is 11.3. The van der Waals surface area contributed by atoms with Crippen molar-refractivity contribution in [1.29, 1.82) is 0 Å². The summed E-state index contributed by atoms with van der Waals surface area (Å²) in [7, 11) is -1.88. The van der Waals surface area contributed by atoms with Crippen LogP contribution in [0.1, 0.15) is 26.3 Å². The fraction of sp³-hybridized carbons (Fsp3) is 0.219. The van der Waals surface area contributed by atoms with Gasteiger partial charge in [0.1, 0.15) is 28.9 Å². The molecule has 192 valence electrons. The summed E-state index contributed by atoms with van der Waals surface area (Å²) in [5.41, 5.74) is 0.204. The van der Waals surface area contributed by atoms with E-state index in [2.05, 4.69) is 103 Å². The summed E-state index contributed by atoms with van der Waals surface area (Å²) < 4.78 is 11.1. The van der Waals surface area contributed by atoms with Gasteiger partial charge in [-0.05, 0) is 74.9 Å². The van der Waals surface area contributed by atoms with Crippen LogP contribution in [0.4, 0.5) is 0 Å². The van der Waals surface area contributed by atoms with Crippen molar-refractivity contribution in [2.24, 2.45) is 0 Å². The van der Waals surface area contributed by atoms with Gasteiger partial charge in [-0.2, -0.15) is 0 Å². The lowest BCUT2D eigenvalue weighted by molar-refractivity contribution is -0.158. The Kier molecular flexibility index (Phi) is 10.1. The minimum absolute atomic E-state index is 0. The number of benzene rings is 4. The van der Waals surface area contributed by atoms with Crippen molar-refractivity contribution in [3.05, 3.63) is 121 Å². The van der Waals surface area contributed by atoms with Gasteiger partial charge in [0.25, 0.3) is 0 Å². The zero-order valence-corrected chi connectivity index (χ0v) is 24.1. The molecule has 0 amide bonds. The molecule has 4 aromatic rings. The Morgan fingerprint density at radius 2 is 1.14 bits per heavy atom. The van der Waals surface area contributed by atoms with Crippen molar-refractivity contribution in [3.8, 4) is 5.75 Å². The summed E-state index contributed by atoms with van der Waals surface area (Å²) >= 11 is 0. The van der Waals surface area contributed by atoms with E-state index in [1.165, 1.54) is 21.5 Å². The molecule has 0 fully saturated rings.